The number of aliphatic hydroxyl groups excluding tert-OH is 2. The van der Waals surface area contributed by atoms with Crippen LogP contribution in [0.5, 0.6) is 23.0 Å². The van der Waals surface area contributed by atoms with Gasteiger partial charge >= 0.3 is 23.9 Å². The Labute approximate surface area is 289 Å². The highest BCUT2D eigenvalue weighted by Crippen LogP contribution is 2.19. The van der Waals surface area contributed by atoms with Crippen molar-refractivity contribution in [3.8, 4) is 23.0 Å². The minimum Gasteiger partial charge on any atom is -0.494 e. The second kappa shape index (κ2) is 19.9. The summed E-state index contributed by atoms with van der Waals surface area (Å²) in [5, 5.41) is 17.5. The molecule has 0 saturated carbocycles. The highest BCUT2D eigenvalue weighted by Gasteiger charge is 2.13. The van der Waals surface area contributed by atoms with Gasteiger partial charge in [-0.15, -0.1) is 0 Å². The van der Waals surface area contributed by atoms with E-state index in [1.807, 2.05) is 0 Å². The normalized spacial score (nSPS) is 10.5. The zero-order valence-corrected chi connectivity index (χ0v) is 27.3. The highest BCUT2D eigenvalue weighted by molar-refractivity contribution is 5.93. The van der Waals surface area contributed by atoms with E-state index in [1.54, 1.807) is 48.5 Å². The molecule has 0 spiro atoms. The molecule has 0 aliphatic carbocycles. The fourth-order valence-corrected chi connectivity index (χ4v) is 4.41. The number of rotatable bonds is 19. The van der Waals surface area contributed by atoms with Gasteiger partial charge in [-0.1, -0.05) is 0 Å². The van der Waals surface area contributed by atoms with E-state index in [0.29, 0.717) is 35.8 Å². The van der Waals surface area contributed by atoms with Crippen molar-refractivity contribution in [1.82, 2.24) is 0 Å². The predicted molar refractivity (Wildman–Crippen MR) is 180 cm³/mol. The van der Waals surface area contributed by atoms with Gasteiger partial charge in [0.15, 0.2) is 0 Å². The SMILES string of the molecule is O=C(OCCO)c1ccc(OC(=O)c2ccc(OCCCCCCOc3ccc(C(=O)Oc4ccc(C(=O)OCCO)cc4)cc3)cc2)cc1. The van der Waals surface area contributed by atoms with Gasteiger partial charge in [-0.2, -0.15) is 0 Å². The molecule has 4 aromatic carbocycles. The van der Waals surface area contributed by atoms with Crippen LogP contribution in [-0.2, 0) is 9.47 Å². The third kappa shape index (κ3) is 12.1. The molecule has 0 atom stereocenters. The summed E-state index contributed by atoms with van der Waals surface area (Å²) < 4.78 is 32.0. The van der Waals surface area contributed by atoms with E-state index < -0.39 is 23.9 Å². The van der Waals surface area contributed by atoms with E-state index in [2.05, 4.69) is 0 Å². The Morgan fingerprint density at radius 2 is 0.680 bits per heavy atom. The Bertz CT molecular complexity index is 1540. The average Bonchev–Trinajstić information content (AvgIpc) is 3.15. The van der Waals surface area contributed by atoms with Gasteiger partial charge < -0.3 is 38.6 Å². The van der Waals surface area contributed by atoms with Crippen molar-refractivity contribution in [2.75, 3.05) is 39.6 Å². The van der Waals surface area contributed by atoms with Crippen LogP contribution in [0, 0.1) is 0 Å². The van der Waals surface area contributed by atoms with Gasteiger partial charge in [0.1, 0.15) is 36.2 Å². The van der Waals surface area contributed by atoms with Gasteiger partial charge in [0.2, 0.25) is 0 Å². The average molecular weight is 687 g/mol. The first-order valence-corrected chi connectivity index (χ1v) is 16.0. The second-order valence-corrected chi connectivity index (χ2v) is 10.7. The maximum Gasteiger partial charge on any atom is 0.343 e. The summed E-state index contributed by atoms with van der Waals surface area (Å²) in [6.45, 7) is 0.341. The Kier molecular flexibility index (Phi) is 14.8. The lowest BCUT2D eigenvalue weighted by Gasteiger charge is -2.09. The Morgan fingerprint density at radius 1 is 0.380 bits per heavy atom. The quantitative estimate of drug-likeness (QED) is 0.0730. The fraction of sp³-hybridized carbons (Fsp3) is 0.263. The van der Waals surface area contributed by atoms with Gasteiger partial charge in [0.05, 0.1) is 48.7 Å². The number of carbonyl (C=O) groups is 4. The molecule has 0 unspecified atom stereocenters. The summed E-state index contributed by atoms with van der Waals surface area (Å²) >= 11 is 0. The van der Waals surface area contributed by atoms with Gasteiger partial charge in [-0.3, -0.25) is 0 Å². The highest BCUT2D eigenvalue weighted by atomic mass is 16.6. The molecule has 0 radical (unpaired) electrons. The molecule has 0 aromatic heterocycles. The van der Waals surface area contributed by atoms with Crippen molar-refractivity contribution >= 4 is 23.9 Å². The van der Waals surface area contributed by atoms with Crippen LogP contribution in [0.2, 0.25) is 0 Å². The van der Waals surface area contributed by atoms with Crippen molar-refractivity contribution in [2.45, 2.75) is 25.7 Å². The van der Waals surface area contributed by atoms with Crippen molar-refractivity contribution in [2.24, 2.45) is 0 Å². The van der Waals surface area contributed by atoms with Crippen molar-refractivity contribution in [1.29, 1.82) is 0 Å². The second-order valence-electron chi connectivity index (χ2n) is 10.7. The van der Waals surface area contributed by atoms with E-state index in [4.69, 9.17) is 38.6 Å². The van der Waals surface area contributed by atoms with E-state index in [1.165, 1.54) is 48.5 Å². The Morgan fingerprint density at radius 3 is 1.00 bits per heavy atom. The molecule has 0 bridgehead atoms. The molecular formula is C38H38O12. The summed E-state index contributed by atoms with van der Waals surface area (Å²) in [6.07, 6.45) is 3.59. The van der Waals surface area contributed by atoms with Crippen LogP contribution < -0.4 is 18.9 Å². The van der Waals surface area contributed by atoms with Crippen molar-refractivity contribution in [3.05, 3.63) is 119 Å². The van der Waals surface area contributed by atoms with Crippen LogP contribution in [0.3, 0.4) is 0 Å². The topological polar surface area (TPSA) is 164 Å². The lowest BCUT2D eigenvalue weighted by molar-refractivity contribution is 0.0427. The van der Waals surface area contributed by atoms with Crippen LogP contribution in [0.25, 0.3) is 0 Å². The molecule has 0 aliphatic heterocycles. The number of ether oxygens (including phenoxy) is 6. The maximum absolute atomic E-state index is 12.5. The number of benzene rings is 4. The smallest absolute Gasteiger partial charge is 0.343 e. The molecule has 262 valence electrons. The van der Waals surface area contributed by atoms with Gasteiger partial charge in [0, 0.05) is 0 Å². The molecule has 2 N–H and O–H groups in total. The van der Waals surface area contributed by atoms with Crippen LogP contribution in [-0.4, -0.2) is 73.7 Å². The number of esters is 4. The number of hydrogen-bond acceptors (Lipinski definition) is 12. The first-order valence-electron chi connectivity index (χ1n) is 16.0. The molecule has 0 fully saturated rings. The van der Waals surface area contributed by atoms with E-state index >= 15 is 0 Å². The molecular weight excluding hydrogens is 648 g/mol. The van der Waals surface area contributed by atoms with Crippen LogP contribution in [0.4, 0.5) is 0 Å². The van der Waals surface area contributed by atoms with Crippen LogP contribution in [0.15, 0.2) is 97.1 Å². The Balaban J connectivity index is 1.07. The standard InChI is InChI=1S/C38H38O12/c39-21-25-47-35(41)27-9-17-33(18-10-27)49-37(43)29-5-13-31(14-6-29)45-23-3-1-2-4-24-46-32-15-7-30(8-16-32)38(44)50-34-19-11-28(12-20-34)36(42)48-26-22-40/h5-20,39-40H,1-4,21-26H2. The fourth-order valence-electron chi connectivity index (χ4n) is 4.41. The number of aliphatic hydroxyl groups is 2. The van der Waals surface area contributed by atoms with E-state index in [9.17, 15) is 19.2 Å². The zero-order chi connectivity index (χ0) is 35.6. The zero-order valence-electron chi connectivity index (χ0n) is 27.3. The molecule has 4 aromatic rings. The summed E-state index contributed by atoms with van der Waals surface area (Å²) in [7, 11) is 0. The van der Waals surface area contributed by atoms with Crippen molar-refractivity contribution < 1.29 is 57.8 Å². The summed E-state index contributed by atoms with van der Waals surface area (Å²) in [5.74, 6) is -0.418. The van der Waals surface area contributed by atoms with Crippen LogP contribution in [0.1, 0.15) is 67.1 Å². The minimum absolute atomic E-state index is 0.0928. The molecule has 0 amide bonds. The minimum atomic E-state index is -0.575. The first-order chi connectivity index (χ1) is 24.4. The Hall–Kier alpha value is -5.72. The molecule has 12 heteroatoms. The molecule has 4 rings (SSSR count). The number of unbranched alkanes of at least 4 members (excludes halogenated alkanes) is 3. The molecule has 0 heterocycles. The monoisotopic (exact) mass is 686 g/mol. The van der Waals surface area contributed by atoms with Crippen molar-refractivity contribution in [3.63, 3.8) is 0 Å². The number of hydrogen-bond donors (Lipinski definition) is 2. The third-order valence-electron chi connectivity index (χ3n) is 7.01. The van der Waals surface area contributed by atoms with Gasteiger partial charge in [-0.05, 0) is 123 Å². The largest absolute Gasteiger partial charge is 0.494 e. The maximum atomic E-state index is 12.5. The molecule has 0 aliphatic rings. The molecule has 50 heavy (non-hydrogen) atoms. The van der Waals surface area contributed by atoms with E-state index in [-0.39, 0.29) is 49.1 Å². The predicted octanol–water partition coefficient (Wildman–Crippen LogP) is 5.44. The lowest BCUT2D eigenvalue weighted by atomic mass is 10.2. The summed E-state index contributed by atoms with van der Waals surface area (Å²) in [6, 6.07) is 25.2. The summed E-state index contributed by atoms with van der Waals surface area (Å²) in [4.78, 5) is 48.6. The van der Waals surface area contributed by atoms with E-state index in [0.717, 1.165) is 25.7 Å². The third-order valence-corrected chi connectivity index (χ3v) is 7.01. The molecule has 0 saturated heterocycles. The van der Waals surface area contributed by atoms with Gasteiger partial charge in [0.25, 0.3) is 0 Å². The molecule has 12 nitrogen and oxygen atoms in total. The van der Waals surface area contributed by atoms with Crippen LogP contribution >= 0.6 is 0 Å². The number of carbonyl (C=O) groups excluding carboxylic acids is 4. The summed E-state index contributed by atoms with van der Waals surface area (Å²) in [5.41, 5.74) is 1.26. The lowest BCUT2D eigenvalue weighted by Crippen LogP contribution is -2.10. The van der Waals surface area contributed by atoms with Gasteiger partial charge in [-0.25, -0.2) is 19.2 Å². The first kappa shape index (κ1) is 37.1.